The fourth-order valence-electron chi connectivity index (χ4n) is 0.940. The first-order valence-electron chi connectivity index (χ1n) is 4.86. The van der Waals surface area contributed by atoms with Crippen molar-refractivity contribution in [2.45, 2.75) is 0 Å². The van der Waals surface area contributed by atoms with E-state index in [2.05, 4.69) is 0 Å². The fraction of sp³-hybridized carbons (Fsp3) is 0.364. The Hall–Kier alpha value is -1.55. The highest BCUT2D eigenvalue weighted by Gasteiger charge is 1.99. The number of rotatable bonds is 5. The Morgan fingerprint density at radius 1 is 1.60 bits per heavy atom. The predicted molar refractivity (Wildman–Crippen MR) is 56.4 cm³/mol. The zero-order valence-corrected chi connectivity index (χ0v) is 9.03. The number of likely N-dealkylation sites (N-methyl/N-ethyl adjacent to an activating group) is 1. The summed E-state index contributed by atoms with van der Waals surface area (Å²) in [5.74, 6) is 0.304. The van der Waals surface area contributed by atoms with Crippen LogP contribution in [0.15, 0.2) is 28.9 Å². The Morgan fingerprint density at radius 3 is 3.00 bits per heavy atom. The van der Waals surface area contributed by atoms with Crippen molar-refractivity contribution in [2.24, 2.45) is 0 Å². The molecule has 0 fully saturated rings. The highest BCUT2D eigenvalue weighted by molar-refractivity contribution is 5.86. The number of hydrogen-bond acceptors (Lipinski definition) is 3. The van der Waals surface area contributed by atoms with E-state index in [0.29, 0.717) is 12.4 Å². The maximum absolute atomic E-state index is 11.2. The van der Waals surface area contributed by atoms with E-state index in [1.54, 1.807) is 24.5 Å². The lowest BCUT2D eigenvalue weighted by Crippen LogP contribution is -3.06. The van der Waals surface area contributed by atoms with Crippen LogP contribution < -0.4 is 4.90 Å². The van der Waals surface area contributed by atoms with E-state index < -0.39 is 0 Å². The average Bonchev–Trinajstić information content (AvgIpc) is 2.66. The van der Waals surface area contributed by atoms with Crippen LogP contribution in [-0.2, 0) is 9.53 Å². The topological polar surface area (TPSA) is 43.9 Å². The van der Waals surface area contributed by atoms with E-state index >= 15 is 0 Å². The summed E-state index contributed by atoms with van der Waals surface area (Å²) in [7, 11) is 4.01. The van der Waals surface area contributed by atoms with Crippen molar-refractivity contribution in [1.82, 2.24) is 0 Å². The molecule has 0 aliphatic heterocycles. The van der Waals surface area contributed by atoms with Crippen molar-refractivity contribution in [3.63, 3.8) is 0 Å². The summed E-state index contributed by atoms with van der Waals surface area (Å²) in [6.07, 6.45) is 4.51. The number of ether oxygens (including phenoxy) is 1. The molecule has 1 heterocycles. The second-order valence-electron chi connectivity index (χ2n) is 3.47. The number of nitrogens with one attached hydrogen (secondary N) is 1. The van der Waals surface area contributed by atoms with Crippen molar-refractivity contribution in [1.29, 1.82) is 0 Å². The molecule has 0 unspecified atom stereocenters. The number of esters is 1. The zero-order valence-electron chi connectivity index (χ0n) is 9.03. The second kappa shape index (κ2) is 6.03. The monoisotopic (exact) mass is 210 g/mol. The molecule has 0 spiro atoms. The van der Waals surface area contributed by atoms with E-state index in [1.807, 2.05) is 14.1 Å². The number of furan rings is 1. The molecule has 0 amide bonds. The van der Waals surface area contributed by atoms with Crippen molar-refractivity contribution in [3.8, 4) is 0 Å². The van der Waals surface area contributed by atoms with Crippen LogP contribution in [0.3, 0.4) is 0 Å². The number of hydrogen-bond donors (Lipinski definition) is 1. The van der Waals surface area contributed by atoms with Gasteiger partial charge in [-0.1, -0.05) is 0 Å². The molecule has 0 bridgehead atoms. The van der Waals surface area contributed by atoms with Gasteiger partial charge in [-0.25, -0.2) is 4.79 Å². The maximum Gasteiger partial charge on any atom is 0.331 e. The molecule has 0 aromatic carbocycles. The molecule has 0 saturated heterocycles. The Labute approximate surface area is 89.1 Å². The van der Waals surface area contributed by atoms with Gasteiger partial charge in [-0.05, 0) is 18.2 Å². The minimum atomic E-state index is -0.340. The quantitative estimate of drug-likeness (QED) is 0.548. The highest BCUT2D eigenvalue weighted by Crippen LogP contribution is 2.01. The summed E-state index contributed by atoms with van der Waals surface area (Å²) in [6.45, 7) is 1.24. The Kier molecular flexibility index (Phi) is 4.63. The minimum absolute atomic E-state index is 0.340. The van der Waals surface area contributed by atoms with E-state index in [9.17, 15) is 4.79 Å². The first kappa shape index (κ1) is 11.5. The van der Waals surface area contributed by atoms with E-state index in [0.717, 1.165) is 6.54 Å². The molecule has 15 heavy (non-hydrogen) atoms. The molecular formula is C11H16NO3+. The standard InChI is InChI=1S/C11H15NO3/c1-12(2)7-9-15-11(13)6-5-10-4-3-8-14-10/h3-6,8H,7,9H2,1-2H3/p+1. The summed E-state index contributed by atoms with van der Waals surface area (Å²) < 4.78 is 9.99. The first-order valence-corrected chi connectivity index (χ1v) is 4.86. The van der Waals surface area contributed by atoms with Gasteiger partial charge in [0.15, 0.2) is 0 Å². The van der Waals surface area contributed by atoms with Crippen LogP contribution in [0.2, 0.25) is 0 Å². The van der Waals surface area contributed by atoms with Crippen LogP contribution in [0, 0.1) is 0 Å². The third-order valence-electron chi connectivity index (χ3n) is 1.77. The summed E-state index contributed by atoms with van der Waals surface area (Å²) >= 11 is 0. The maximum atomic E-state index is 11.2. The summed E-state index contributed by atoms with van der Waals surface area (Å²) in [5.41, 5.74) is 0. The number of carbonyl (C=O) groups is 1. The second-order valence-corrected chi connectivity index (χ2v) is 3.47. The van der Waals surface area contributed by atoms with Gasteiger partial charge in [0, 0.05) is 6.08 Å². The highest BCUT2D eigenvalue weighted by atomic mass is 16.5. The van der Waals surface area contributed by atoms with Crippen LogP contribution >= 0.6 is 0 Å². The van der Waals surface area contributed by atoms with E-state index in [4.69, 9.17) is 9.15 Å². The Bertz CT molecular complexity index is 315. The predicted octanol–water partition coefficient (Wildman–Crippen LogP) is -0.0195. The van der Waals surface area contributed by atoms with Crippen molar-refractivity contribution >= 4 is 12.0 Å². The van der Waals surface area contributed by atoms with Crippen LogP contribution in [0.25, 0.3) is 6.08 Å². The van der Waals surface area contributed by atoms with Crippen molar-refractivity contribution < 1.29 is 18.8 Å². The van der Waals surface area contributed by atoms with Gasteiger partial charge in [-0.3, -0.25) is 0 Å². The van der Waals surface area contributed by atoms with Gasteiger partial charge >= 0.3 is 5.97 Å². The molecule has 1 aromatic heterocycles. The van der Waals surface area contributed by atoms with Gasteiger partial charge < -0.3 is 14.1 Å². The van der Waals surface area contributed by atoms with E-state index in [1.165, 1.54) is 11.0 Å². The Balaban J connectivity index is 2.24. The van der Waals surface area contributed by atoms with Crippen LogP contribution in [0.5, 0.6) is 0 Å². The van der Waals surface area contributed by atoms with Gasteiger partial charge in [0.2, 0.25) is 0 Å². The lowest BCUT2D eigenvalue weighted by Gasteiger charge is -2.06. The van der Waals surface area contributed by atoms with Gasteiger partial charge in [0.1, 0.15) is 18.9 Å². The summed E-state index contributed by atoms with van der Waals surface area (Å²) in [4.78, 5) is 12.4. The van der Waals surface area contributed by atoms with Gasteiger partial charge in [-0.15, -0.1) is 0 Å². The molecule has 0 aliphatic carbocycles. The zero-order chi connectivity index (χ0) is 11.1. The first-order chi connectivity index (χ1) is 7.18. The molecule has 1 N–H and O–H groups in total. The molecule has 1 rings (SSSR count). The number of quaternary nitrogens is 1. The summed E-state index contributed by atoms with van der Waals surface area (Å²) in [6, 6.07) is 3.54. The average molecular weight is 210 g/mol. The van der Waals surface area contributed by atoms with Crippen molar-refractivity contribution in [3.05, 3.63) is 30.2 Å². The Morgan fingerprint density at radius 2 is 2.40 bits per heavy atom. The van der Waals surface area contributed by atoms with Gasteiger partial charge in [-0.2, -0.15) is 0 Å². The van der Waals surface area contributed by atoms with Gasteiger partial charge in [0.25, 0.3) is 0 Å². The van der Waals surface area contributed by atoms with Crippen LogP contribution in [0.4, 0.5) is 0 Å². The lowest BCUT2D eigenvalue weighted by atomic mass is 10.4. The molecule has 4 nitrogen and oxygen atoms in total. The fourth-order valence-corrected chi connectivity index (χ4v) is 0.940. The molecule has 0 aliphatic rings. The van der Waals surface area contributed by atoms with Crippen molar-refractivity contribution in [2.75, 3.05) is 27.2 Å². The SMILES string of the molecule is C[NH+](C)CCOC(=O)C=Cc1ccco1. The molecule has 0 saturated carbocycles. The van der Waals surface area contributed by atoms with Gasteiger partial charge in [0.05, 0.1) is 20.4 Å². The molecular weight excluding hydrogens is 194 g/mol. The lowest BCUT2D eigenvalue weighted by molar-refractivity contribution is -0.858. The molecule has 4 heteroatoms. The molecule has 1 aromatic rings. The largest absolute Gasteiger partial charge is 0.465 e. The minimum Gasteiger partial charge on any atom is -0.465 e. The molecule has 0 atom stereocenters. The molecule has 0 radical (unpaired) electrons. The summed E-state index contributed by atoms with van der Waals surface area (Å²) in [5, 5.41) is 0. The van der Waals surface area contributed by atoms with Crippen LogP contribution in [-0.4, -0.2) is 33.2 Å². The van der Waals surface area contributed by atoms with Crippen LogP contribution in [0.1, 0.15) is 5.76 Å². The third kappa shape index (κ3) is 5.02. The third-order valence-corrected chi connectivity index (χ3v) is 1.77. The smallest absolute Gasteiger partial charge is 0.331 e. The number of carbonyl (C=O) groups excluding carboxylic acids is 1. The van der Waals surface area contributed by atoms with E-state index in [-0.39, 0.29) is 5.97 Å². The molecule has 82 valence electrons. The normalized spacial score (nSPS) is 11.1.